The molecule has 0 aliphatic heterocycles. The summed E-state index contributed by atoms with van der Waals surface area (Å²) >= 11 is 5.72. The standard InChI is InChI=1S/C17H13ClO6/c1-6(19)2-7-3-8-12(10(20)4-7)16(23)13-9(15(8)22)5-11(21)14(18)17(13)24/h3-6,19-21,24H,2H2,1H3/t6-/m0/s1. The summed E-state index contributed by atoms with van der Waals surface area (Å²) in [5.74, 6) is -3.05. The van der Waals surface area contributed by atoms with E-state index in [2.05, 4.69) is 0 Å². The van der Waals surface area contributed by atoms with E-state index in [0.717, 1.165) is 6.07 Å². The van der Waals surface area contributed by atoms with E-state index in [-0.39, 0.29) is 28.7 Å². The second-order valence-corrected chi connectivity index (χ2v) is 6.11. The maximum absolute atomic E-state index is 12.7. The summed E-state index contributed by atoms with van der Waals surface area (Å²) in [5, 5.41) is 38.9. The Labute approximate surface area is 141 Å². The van der Waals surface area contributed by atoms with E-state index in [0.29, 0.717) is 5.56 Å². The summed E-state index contributed by atoms with van der Waals surface area (Å²) in [5.41, 5.74) is -0.356. The van der Waals surface area contributed by atoms with Crippen molar-refractivity contribution >= 4 is 23.2 Å². The number of hydrogen-bond acceptors (Lipinski definition) is 6. The first-order valence-corrected chi connectivity index (χ1v) is 7.48. The summed E-state index contributed by atoms with van der Waals surface area (Å²) in [7, 11) is 0. The van der Waals surface area contributed by atoms with Crippen LogP contribution in [0.1, 0.15) is 44.3 Å². The van der Waals surface area contributed by atoms with E-state index < -0.39 is 39.9 Å². The molecule has 0 spiro atoms. The fourth-order valence-corrected chi connectivity index (χ4v) is 3.02. The Kier molecular flexibility index (Phi) is 3.74. The molecule has 24 heavy (non-hydrogen) atoms. The van der Waals surface area contributed by atoms with Crippen LogP contribution in [0.15, 0.2) is 18.2 Å². The van der Waals surface area contributed by atoms with Gasteiger partial charge in [-0.1, -0.05) is 11.6 Å². The van der Waals surface area contributed by atoms with Crippen LogP contribution in [-0.2, 0) is 6.42 Å². The highest BCUT2D eigenvalue weighted by Crippen LogP contribution is 2.43. The smallest absolute Gasteiger partial charge is 0.202 e. The van der Waals surface area contributed by atoms with Crippen LogP contribution >= 0.6 is 11.6 Å². The van der Waals surface area contributed by atoms with Crippen LogP contribution in [0.2, 0.25) is 5.02 Å². The molecule has 1 atom stereocenters. The zero-order valence-corrected chi connectivity index (χ0v) is 13.3. The summed E-state index contributed by atoms with van der Waals surface area (Å²) in [4.78, 5) is 25.3. The lowest BCUT2D eigenvalue weighted by Crippen LogP contribution is -2.22. The first kappa shape index (κ1) is 16.3. The molecular weight excluding hydrogens is 336 g/mol. The monoisotopic (exact) mass is 348 g/mol. The molecule has 7 heteroatoms. The van der Waals surface area contributed by atoms with Crippen molar-refractivity contribution in [3.63, 3.8) is 0 Å². The van der Waals surface area contributed by atoms with Crippen LogP contribution in [-0.4, -0.2) is 38.1 Å². The molecule has 0 saturated carbocycles. The summed E-state index contributed by atoms with van der Waals surface area (Å²) in [6.45, 7) is 1.55. The average molecular weight is 349 g/mol. The molecule has 0 unspecified atom stereocenters. The molecule has 1 aliphatic rings. The van der Waals surface area contributed by atoms with Gasteiger partial charge < -0.3 is 20.4 Å². The van der Waals surface area contributed by atoms with Gasteiger partial charge in [-0.05, 0) is 37.1 Å². The quantitative estimate of drug-likeness (QED) is 0.564. The van der Waals surface area contributed by atoms with Gasteiger partial charge in [-0.25, -0.2) is 0 Å². The number of aliphatic hydroxyl groups is 1. The highest BCUT2D eigenvalue weighted by atomic mass is 35.5. The Hall–Kier alpha value is -2.57. The van der Waals surface area contributed by atoms with Crippen molar-refractivity contribution in [3.05, 3.63) is 51.0 Å². The second kappa shape index (κ2) is 5.51. The molecule has 3 rings (SSSR count). The van der Waals surface area contributed by atoms with E-state index >= 15 is 0 Å². The summed E-state index contributed by atoms with van der Waals surface area (Å²) in [6.07, 6.45) is -0.511. The number of phenols is 3. The zero-order chi connectivity index (χ0) is 17.8. The van der Waals surface area contributed by atoms with Crippen molar-refractivity contribution in [3.8, 4) is 17.2 Å². The number of aromatic hydroxyl groups is 3. The lowest BCUT2D eigenvalue weighted by atomic mass is 9.81. The molecule has 6 nitrogen and oxygen atoms in total. The second-order valence-electron chi connectivity index (χ2n) is 5.73. The Bertz CT molecular complexity index is 901. The number of halogens is 1. The molecule has 0 heterocycles. The minimum absolute atomic E-state index is 0.0516. The summed E-state index contributed by atoms with van der Waals surface area (Å²) < 4.78 is 0. The third-order valence-electron chi connectivity index (χ3n) is 3.87. The van der Waals surface area contributed by atoms with Gasteiger partial charge in [-0.2, -0.15) is 0 Å². The number of aliphatic hydroxyl groups excluding tert-OH is 1. The fraction of sp³-hybridized carbons (Fsp3) is 0.176. The maximum Gasteiger partial charge on any atom is 0.202 e. The number of hydrogen-bond donors (Lipinski definition) is 4. The van der Waals surface area contributed by atoms with Crippen molar-refractivity contribution in [2.24, 2.45) is 0 Å². The van der Waals surface area contributed by atoms with E-state index in [4.69, 9.17) is 11.6 Å². The summed E-state index contributed by atoms with van der Waals surface area (Å²) in [6, 6.07) is 3.72. The largest absolute Gasteiger partial charge is 0.507 e. The number of carbonyl (C=O) groups is 2. The van der Waals surface area contributed by atoms with Gasteiger partial charge in [-0.15, -0.1) is 0 Å². The predicted molar refractivity (Wildman–Crippen MR) is 85.1 cm³/mol. The van der Waals surface area contributed by atoms with E-state index in [1.807, 2.05) is 0 Å². The molecule has 2 aromatic carbocycles. The number of fused-ring (bicyclic) bond motifs is 2. The zero-order valence-electron chi connectivity index (χ0n) is 12.5. The molecule has 0 radical (unpaired) electrons. The molecule has 0 fully saturated rings. The minimum Gasteiger partial charge on any atom is -0.507 e. The molecule has 1 aliphatic carbocycles. The van der Waals surface area contributed by atoms with Crippen molar-refractivity contribution in [2.75, 3.05) is 0 Å². The van der Waals surface area contributed by atoms with Gasteiger partial charge in [0.25, 0.3) is 0 Å². The van der Waals surface area contributed by atoms with Gasteiger partial charge in [-0.3, -0.25) is 9.59 Å². The molecule has 0 bridgehead atoms. The van der Waals surface area contributed by atoms with Gasteiger partial charge in [0.2, 0.25) is 5.78 Å². The van der Waals surface area contributed by atoms with Crippen molar-refractivity contribution < 1.29 is 30.0 Å². The number of rotatable bonds is 2. The number of carbonyl (C=O) groups excluding carboxylic acids is 2. The van der Waals surface area contributed by atoms with E-state index in [9.17, 15) is 30.0 Å². The van der Waals surface area contributed by atoms with E-state index in [1.165, 1.54) is 12.1 Å². The van der Waals surface area contributed by atoms with Crippen LogP contribution in [0.4, 0.5) is 0 Å². The molecule has 0 saturated heterocycles. The van der Waals surface area contributed by atoms with Crippen LogP contribution in [0.3, 0.4) is 0 Å². The van der Waals surface area contributed by atoms with Crippen LogP contribution < -0.4 is 0 Å². The first-order chi connectivity index (χ1) is 11.2. The molecular formula is C17H13ClO6. The van der Waals surface area contributed by atoms with Gasteiger partial charge in [0.05, 0.1) is 17.2 Å². The lowest BCUT2D eigenvalue weighted by Gasteiger charge is -2.21. The third-order valence-corrected chi connectivity index (χ3v) is 4.24. The van der Waals surface area contributed by atoms with Crippen LogP contribution in [0.25, 0.3) is 0 Å². The van der Waals surface area contributed by atoms with Crippen LogP contribution in [0, 0.1) is 0 Å². The normalized spacial score (nSPS) is 14.3. The SMILES string of the molecule is C[C@H](O)Cc1cc(O)c2c(c1)C(=O)c1cc(O)c(Cl)c(O)c1C2=O. The first-order valence-electron chi connectivity index (χ1n) is 7.10. The minimum atomic E-state index is -0.764. The maximum atomic E-state index is 12.7. The predicted octanol–water partition coefficient (Wildman–Crippen LogP) is 2.16. The third kappa shape index (κ3) is 2.31. The van der Waals surface area contributed by atoms with Crippen molar-refractivity contribution in [2.45, 2.75) is 19.4 Å². The Morgan fingerprint density at radius 3 is 2.21 bits per heavy atom. The molecule has 2 aromatic rings. The number of benzene rings is 2. The lowest BCUT2D eigenvalue weighted by molar-refractivity contribution is 0.0973. The van der Waals surface area contributed by atoms with E-state index in [1.54, 1.807) is 6.92 Å². The molecule has 124 valence electrons. The van der Waals surface area contributed by atoms with Gasteiger partial charge in [0, 0.05) is 11.1 Å². The van der Waals surface area contributed by atoms with Gasteiger partial charge >= 0.3 is 0 Å². The van der Waals surface area contributed by atoms with Crippen LogP contribution in [0.5, 0.6) is 17.2 Å². The molecule has 4 N–H and O–H groups in total. The molecule has 0 amide bonds. The Balaban J connectivity index is 2.27. The van der Waals surface area contributed by atoms with Crippen molar-refractivity contribution in [1.82, 2.24) is 0 Å². The van der Waals surface area contributed by atoms with Crippen molar-refractivity contribution in [1.29, 1.82) is 0 Å². The number of phenolic OH excluding ortho intramolecular Hbond substituents is 3. The Morgan fingerprint density at radius 1 is 0.958 bits per heavy atom. The fourth-order valence-electron chi connectivity index (χ4n) is 2.87. The average Bonchev–Trinajstić information content (AvgIpc) is 2.48. The highest BCUT2D eigenvalue weighted by Gasteiger charge is 2.36. The Morgan fingerprint density at radius 2 is 1.58 bits per heavy atom. The van der Waals surface area contributed by atoms with Gasteiger partial charge in [0.1, 0.15) is 22.3 Å². The highest BCUT2D eigenvalue weighted by molar-refractivity contribution is 6.37. The number of ketones is 2. The van der Waals surface area contributed by atoms with Gasteiger partial charge in [0.15, 0.2) is 5.78 Å². The topological polar surface area (TPSA) is 115 Å². The molecule has 0 aromatic heterocycles.